The van der Waals surface area contributed by atoms with E-state index in [2.05, 4.69) is 21.2 Å². The number of ether oxygens (including phenoxy) is 1. The molecule has 0 aliphatic carbocycles. The number of rotatable bonds is 6. The highest BCUT2D eigenvalue weighted by Crippen LogP contribution is 2.25. The van der Waals surface area contributed by atoms with Gasteiger partial charge in [-0.1, -0.05) is 53.2 Å². The van der Waals surface area contributed by atoms with Gasteiger partial charge in [0.2, 0.25) is 0 Å². The third-order valence-corrected chi connectivity index (χ3v) is 3.72. The van der Waals surface area contributed by atoms with Crippen LogP contribution in [0.3, 0.4) is 0 Å². The molecule has 0 heterocycles. The maximum Gasteiger partial charge on any atom is 0.165 e. The van der Waals surface area contributed by atoms with Crippen molar-refractivity contribution < 1.29 is 9.13 Å². The van der Waals surface area contributed by atoms with Crippen LogP contribution in [0.15, 0.2) is 46.9 Å². The van der Waals surface area contributed by atoms with Crippen molar-refractivity contribution in [2.75, 3.05) is 6.54 Å². The minimum Gasteiger partial charge on any atom is -0.485 e. The number of nitrogens with one attached hydrogen (secondary N) is 1. The molecule has 0 aromatic heterocycles. The summed E-state index contributed by atoms with van der Waals surface area (Å²) in [4.78, 5) is 0. The fourth-order valence-corrected chi connectivity index (χ4v) is 2.28. The van der Waals surface area contributed by atoms with Crippen LogP contribution < -0.4 is 10.1 Å². The van der Waals surface area contributed by atoms with E-state index in [0.717, 1.165) is 22.1 Å². The van der Waals surface area contributed by atoms with Gasteiger partial charge in [0, 0.05) is 22.1 Å². The van der Waals surface area contributed by atoms with Gasteiger partial charge in [-0.05, 0) is 18.7 Å². The first-order chi connectivity index (χ1) is 9.72. The van der Waals surface area contributed by atoms with Gasteiger partial charge in [-0.15, -0.1) is 0 Å². The molecule has 0 radical (unpaired) electrons. The fourth-order valence-electron chi connectivity index (χ4n) is 1.88. The van der Waals surface area contributed by atoms with E-state index < -0.39 is 0 Å². The Morgan fingerprint density at radius 2 is 1.85 bits per heavy atom. The van der Waals surface area contributed by atoms with Crippen LogP contribution >= 0.6 is 15.9 Å². The molecular formula is C16H17BrFNO. The third-order valence-electron chi connectivity index (χ3n) is 2.94. The molecule has 0 atom stereocenters. The minimum atomic E-state index is -0.326. The molecule has 0 amide bonds. The van der Waals surface area contributed by atoms with Crippen LogP contribution in [0.1, 0.15) is 18.1 Å². The molecule has 20 heavy (non-hydrogen) atoms. The van der Waals surface area contributed by atoms with E-state index in [1.54, 1.807) is 6.07 Å². The number of halogens is 2. The summed E-state index contributed by atoms with van der Waals surface area (Å²) < 4.78 is 20.6. The van der Waals surface area contributed by atoms with Crippen LogP contribution in [0, 0.1) is 5.82 Å². The SMILES string of the molecule is CCNCc1cccc(F)c1OCc1ccccc1Br. The number of para-hydroxylation sites is 1. The zero-order valence-electron chi connectivity index (χ0n) is 11.3. The first-order valence-corrected chi connectivity index (χ1v) is 7.36. The molecule has 0 fully saturated rings. The van der Waals surface area contributed by atoms with E-state index >= 15 is 0 Å². The average molecular weight is 338 g/mol. The molecule has 2 rings (SSSR count). The maximum atomic E-state index is 13.9. The van der Waals surface area contributed by atoms with Crippen molar-refractivity contribution in [3.63, 3.8) is 0 Å². The van der Waals surface area contributed by atoms with Crippen LogP contribution in [-0.4, -0.2) is 6.54 Å². The van der Waals surface area contributed by atoms with Gasteiger partial charge in [0.15, 0.2) is 11.6 Å². The van der Waals surface area contributed by atoms with Gasteiger partial charge in [0.05, 0.1) is 0 Å². The number of hydrogen-bond acceptors (Lipinski definition) is 2. The molecule has 0 saturated heterocycles. The van der Waals surface area contributed by atoms with E-state index in [4.69, 9.17) is 4.74 Å². The molecule has 0 aliphatic rings. The summed E-state index contributed by atoms with van der Waals surface area (Å²) in [7, 11) is 0. The zero-order chi connectivity index (χ0) is 14.4. The van der Waals surface area contributed by atoms with Crippen molar-refractivity contribution in [1.29, 1.82) is 0 Å². The summed E-state index contributed by atoms with van der Waals surface area (Å²) in [6.07, 6.45) is 0. The highest BCUT2D eigenvalue weighted by molar-refractivity contribution is 9.10. The van der Waals surface area contributed by atoms with Crippen molar-refractivity contribution in [2.24, 2.45) is 0 Å². The van der Waals surface area contributed by atoms with Crippen molar-refractivity contribution in [3.05, 3.63) is 63.9 Å². The molecule has 0 aliphatic heterocycles. The first-order valence-electron chi connectivity index (χ1n) is 6.56. The normalized spacial score (nSPS) is 10.6. The topological polar surface area (TPSA) is 21.3 Å². The summed E-state index contributed by atoms with van der Waals surface area (Å²) in [5.41, 5.74) is 1.82. The van der Waals surface area contributed by atoms with Crippen LogP contribution in [0.4, 0.5) is 4.39 Å². The van der Waals surface area contributed by atoms with Crippen molar-refractivity contribution in [2.45, 2.75) is 20.1 Å². The lowest BCUT2D eigenvalue weighted by Gasteiger charge is -2.13. The Kier molecular flexibility index (Phi) is 5.56. The fraction of sp³-hybridized carbons (Fsp3) is 0.250. The Balaban J connectivity index is 2.14. The van der Waals surface area contributed by atoms with Gasteiger partial charge in [-0.3, -0.25) is 0 Å². The van der Waals surface area contributed by atoms with Crippen molar-refractivity contribution in [3.8, 4) is 5.75 Å². The second-order valence-corrected chi connectivity index (χ2v) is 5.24. The summed E-state index contributed by atoms with van der Waals surface area (Å²) in [6, 6.07) is 12.8. The third kappa shape index (κ3) is 3.81. The van der Waals surface area contributed by atoms with Crippen LogP contribution in [0.2, 0.25) is 0 Å². The lowest BCUT2D eigenvalue weighted by atomic mass is 10.2. The van der Waals surface area contributed by atoms with Gasteiger partial charge in [-0.2, -0.15) is 0 Å². The van der Waals surface area contributed by atoms with Gasteiger partial charge in [0.1, 0.15) is 6.61 Å². The number of benzene rings is 2. The van der Waals surface area contributed by atoms with E-state index in [9.17, 15) is 4.39 Å². The van der Waals surface area contributed by atoms with E-state index in [1.807, 2.05) is 37.3 Å². The molecule has 106 valence electrons. The largest absolute Gasteiger partial charge is 0.485 e. The summed E-state index contributed by atoms with van der Waals surface area (Å²) in [5.74, 6) is -0.00309. The Labute approximate surface area is 127 Å². The molecule has 0 unspecified atom stereocenters. The summed E-state index contributed by atoms with van der Waals surface area (Å²) in [6.45, 7) is 3.78. The second kappa shape index (κ2) is 7.41. The van der Waals surface area contributed by atoms with Crippen molar-refractivity contribution >= 4 is 15.9 Å². The van der Waals surface area contributed by atoms with Gasteiger partial charge in [-0.25, -0.2) is 4.39 Å². The van der Waals surface area contributed by atoms with Gasteiger partial charge >= 0.3 is 0 Å². The Bertz CT molecular complexity index is 574. The second-order valence-electron chi connectivity index (χ2n) is 4.39. The van der Waals surface area contributed by atoms with Crippen LogP contribution in [0.25, 0.3) is 0 Å². The van der Waals surface area contributed by atoms with Crippen LogP contribution in [-0.2, 0) is 13.2 Å². The van der Waals surface area contributed by atoms with E-state index in [0.29, 0.717) is 18.9 Å². The molecule has 0 spiro atoms. The van der Waals surface area contributed by atoms with E-state index in [1.165, 1.54) is 6.07 Å². The average Bonchev–Trinajstić information content (AvgIpc) is 2.45. The predicted octanol–water partition coefficient (Wildman–Crippen LogP) is 4.28. The smallest absolute Gasteiger partial charge is 0.165 e. The van der Waals surface area contributed by atoms with Crippen LogP contribution in [0.5, 0.6) is 5.75 Å². The molecule has 1 N–H and O–H groups in total. The first kappa shape index (κ1) is 15.0. The molecule has 2 nitrogen and oxygen atoms in total. The molecule has 0 bridgehead atoms. The summed E-state index contributed by atoms with van der Waals surface area (Å²) >= 11 is 3.46. The maximum absolute atomic E-state index is 13.9. The minimum absolute atomic E-state index is 0.323. The highest BCUT2D eigenvalue weighted by Gasteiger charge is 2.10. The van der Waals surface area contributed by atoms with E-state index in [-0.39, 0.29) is 5.82 Å². The molecular weight excluding hydrogens is 321 g/mol. The standard InChI is InChI=1S/C16H17BrFNO/c1-2-19-10-12-7-5-9-15(18)16(12)20-11-13-6-3-4-8-14(13)17/h3-9,19H,2,10-11H2,1H3. The molecule has 2 aromatic carbocycles. The lowest BCUT2D eigenvalue weighted by molar-refractivity contribution is 0.285. The van der Waals surface area contributed by atoms with Gasteiger partial charge in [0.25, 0.3) is 0 Å². The Morgan fingerprint density at radius 1 is 1.10 bits per heavy atom. The van der Waals surface area contributed by atoms with Crippen molar-refractivity contribution in [1.82, 2.24) is 5.32 Å². The predicted molar refractivity (Wildman–Crippen MR) is 82.3 cm³/mol. The zero-order valence-corrected chi connectivity index (χ0v) is 12.9. The molecule has 2 aromatic rings. The Morgan fingerprint density at radius 3 is 2.60 bits per heavy atom. The van der Waals surface area contributed by atoms with Gasteiger partial charge < -0.3 is 10.1 Å². The molecule has 0 saturated carbocycles. The number of hydrogen-bond donors (Lipinski definition) is 1. The monoisotopic (exact) mass is 337 g/mol. The lowest BCUT2D eigenvalue weighted by Crippen LogP contribution is -2.13. The quantitative estimate of drug-likeness (QED) is 0.849. The molecule has 4 heteroatoms. The Hall–Kier alpha value is -1.39. The highest BCUT2D eigenvalue weighted by atomic mass is 79.9. The summed E-state index contributed by atoms with van der Waals surface area (Å²) in [5, 5.41) is 3.19.